The summed E-state index contributed by atoms with van der Waals surface area (Å²) in [6, 6.07) is 0. The second kappa shape index (κ2) is 69.3. The van der Waals surface area contributed by atoms with Crippen LogP contribution in [0.25, 0.3) is 0 Å². The third-order valence-electron chi connectivity index (χ3n) is 14.7. The van der Waals surface area contributed by atoms with Crippen LogP contribution in [0.15, 0.2) is 122 Å². The number of carbonyl (C=O) groups excluding carboxylic acids is 3. The van der Waals surface area contributed by atoms with Gasteiger partial charge in [0.05, 0.1) is 0 Å². The minimum Gasteiger partial charge on any atom is -0.462 e. The summed E-state index contributed by atoms with van der Waals surface area (Å²) in [5.74, 6) is -0.929. The molecule has 0 rings (SSSR count). The third kappa shape index (κ3) is 66.6. The van der Waals surface area contributed by atoms with E-state index in [9.17, 15) is 14.4 Å². The van der Waals surface area contributed by atoms with Crippen molar-refractivity contribution in [2.24, 2.45) is 0 Å². The maximum absolute atomic E-state index is 13.0. The maximum Gasteiger partial charge on any atom is 0.306 e. The minimum atomic E-state index is -0.802. The summed E-state index contributed by atoms with van der Waals surface area (Å²) >= 11 is 0. The highest BCUT2D eigenvalue weighted by Crippen LogP contribution is 2.16. The van der Waals surface area contributed by atoms with Crippen LogP contribution in [0, 0.1) is 0 Å². The van der Waals surface area contributed by atoms with Crippen molar-refractivity contribution in [3.05, 3.63) is 122 Å². The molecule has 6 heteroatoms. The van der Waals surface area contributed by atoms with Crippen LogP contribution >= 0.6 is 0 Å². The zero-order valence-electron chi connectivity index (χ0n) is 53.7. The highest BCUT2D eigenvalue weighted by Gasteiger charge is 2.19. The number of hydrogen-bond donors (Lipinski definition) is 0. The van der Waals surface area contributed by atoms with Gasteiger partial charge in [0, 0.05) is 19.3 Å². The molecule has 0 aliphatic heterocycles. The Hall–Kier alpha value is -4.19. The Morgan fingerprint density at radius 2 is 0.476 bits per heavy atom. The van der Waals surface area contributed by atoms with Gasteiger partial charge in [-0.1, -0.05) is 290 Å². The molecule has 0 saturated carbocycles. The lowest BCUT2D eigenvalue weighted by molar-refractivity contribution is -0.167. The Balaban J connectivity index is 4.47. The second-order valence-electron chi connectivity index (χ2n) is 22.7. The SMILES string of the molecule is CC/C=C\C/C=C\C/C=C\C/C=C\C/C=C\C/C=C\C/C=C\CCCCCC(=O)OCC(COC(=O)CCCCCCCCC/C=C\C/C=C\CCCCCC)OC(=O)CCCCCCCCCCC/C=C\CCCCCCCCCC. The summed E-state index contributed by atoms with van der Waals surface area (Å²) in [6.45, 7) is 6.50. The molecule has 1 unspecified atom stereocenters. The van der Waals surface area contributed by atoms with E-state index < -0.39 is 6.10 Å². The zero-order valence-corrected chi connectivity index (χ0v) is 53.7. The van der Waals surface area contributed by atoms with Crippen molar-refractivity contribution in [1.29, 1.82) is 0 Å². The third-order valence-corrected chi connectivity index (χ3v) is 14.7. The fourth-order valence-corrected chi connectivity index (χ4v) is 9.51. The summed E-state index contributed by atoms with van der Waals surface area (Å²) in [7, 11) is 0. The van der Waals surface area contributed by atoms with E-state index in [-0.39, 0.29) is 31.1 Å². The van der Waals surface area contributed by atoms with Crippen LogP contribution in [0.5, 0.6) is 0 Å². The number of carbonyl (C=O) groups is 3. The number of ether oxygens (including phenoxy) is 3. The van der Waals surface area contributed by atoms with E-state index in [0.717, 1.165) is 122 Å². The molecule has 0 aromatic heterocycles. The van der Waals surface area contributed by atoms with E-state index in [1.807, 2.05) is 0 Å². The van der Waals surface area contributed by atoms with Crippen molar-refractivity contribution >= 4 is 17.9 Å². The molecule has 0 N–H and O–H groups in total. The first-order valence-electron chi connectivity index (χ1n) is 34.5. The van der Waals surface area contributed by atoms with E-state index in [1.165, 1.54) is 161 Å². The molecule has 0 heterocycles. The molecule has 0 spiro atoms. The van der Waals surface area contributed by atoms with Gasteiger partial charge >= 0.3 is 17.9 Å². The molecule has 0 radical (unpaired) electrons. The molecule has 468 valence electrons. The fraction of sp³-hybridized carbons (Fsp3) is 0.697. The summed E-state index contributed by atoms with van der Waals surface area (Å²) in [6.07, 6.45) is 96.3. The van der Waals surface area contributed by atoms with Gasteiger partial charge in [0.2, 0.25) is 0 Å². The van der Waals surface area contributed by atoms with E-state index >= 15 is 0 Å². The molecular weight excluding hydrogens is 1010 g/mol. The number of hydrogen-bond acceptors (Lipinski definition) is 6. The summed E-state index contributed by atoms with van der Waals surface area (Å²) < 4.78 is 17.0. The molecule has 0 aromatic carbocycles. The normalized spacial score (nSPS) is 12.9. The van der Waals surface area contributed by atoms with Crippen molar-refractivity contribution < 1.29 is 28.6 Å². The lowest BCUT2D eigenvalue weighted by atomic mass is 10.1. The van der Waals surface area contributed by atoms with Crippen molar-refractivity contribution in [2.75, 3.05) is 13.2 Å². The van der Waals surface area contributed by atoms with Crippen LogP contribution in [0.3, 0.4) is 0 Å². The Morgan fingerprint density at radius 1 is 0.256 bits per heavy atom. The molecule has 82 heavy (non-hydrogen) atoms. The first-order valence-corrected chi connectivity index (χ1v) is 34.5. The van der Waals surface area contributed by atoms with Gasteiger partial charge in [-0.05, 0) is 135 Å². The summed E-state index contributed by atoms with van der Waals surface area (Å²) in [5.41, 5.74) is 0. The van der Waals surface area contributed by atoms with Gasteiger partial charge in [0.15, 0.2) is 6.10 Å². The summed E-state index contributed by atoms with van der Waals surface area (Å²) in [5, 5.41) is 0. The van der Waals surface area contributed by atoms with Crippen molar-refractivity contribution in [3.8, 4) is 0 Å². The number of allylic oxidation sites excluding steroid dienone is 20. The van der Waals surface area contributed by atoms with E-state index in [1.54, 1.807) is 0 Å². The van der Waals surface area contributed by atoms with Crippen molar-refractivity contribution in [2.45, 2.75) is 329 Å². The standard InChI is InChI=1S/C76H128O6/c1-4-7-10-13-16-19-22-25-28-31-34-36-37-38-39-41-42-45-48-51-54-57-60-63-66-69-75(78)81-72-73(71-80-74(77)68-65-62-59-56-53-50-47-44-33-30-27-24-21-18-15-12-9-6-3)82-76(79)70-67-64-61-58-55-52-49-46-43-40-35-32-29-26-23-20-17-14-11-8-5-2/h7,10,16,19,21,24-25,28,30,32-36,38-39,42,45,51,54,73H,4-6,8-9,11-15,17-18,20,22-23,26-27,29,31,37,40-41,43-44,46-50,52-53,55-72H2,1-3H3/b10-7-,19-16-,24-21-,28-25-,33-30-,35-32-,36-34-,39-38-,45-42-,54-51-. The average molecular weight is 1140 g/mol. The molecule has 0 aliphatic rings. The van der Waals surface area contributed by atoms with Crippen molar-refractivity contribution in [3.63, 3.8) is 0 Å². The fourth-order valence-electron chi connectivity index (χ4n) is 9.51. The topological polar surface area (TPSA) is 78.9 Å². The molecule has 0 amide bonds. The Labute approximate surface area is 507 Å². The first kappa shape index (κ1) is 77.8. The van der Waals surface area contributed by atoms with Crippen LogP contribution in [0.1, 0.15) is 323 Å². The van der Waals surface area contributed by atoms with Gasteiger partial charge in [-0.15, -0.1) is 0 Å². The average Bonchev–Trinajstić information content (AvgIpc) is 3.47. The molecule has 0 saturated heterocycles. The summed E-state index contributed by atoms with van der Waals surface area (Å²) in [4.78, 5) is 38.5. The number of esters is 3. The largest absolute Gasteiger partial charge is 0.462 e. The lowest BCUT2D eigenvalue weighted by Gasteiger charge is -2.18. The van der Waals surface area contributed by atoms with Crippen LogP contribution in [-0.2, 0) is 28.6 Å². The maximum atomic E-state index is 13.0. The molecule has 0 aliphatic carbocycles. The smallest absolute Gasteiger partial charge is 0.306 e. The molecule has 6 nitrogen and oxygen atoms in total. The molecule has 0 aromatic rings. The molecular formula is C76H128O6. The highest BCUT2D eigenvalue weighted by atomic mass is 16.6. The molecule has 0 bridgehead atoms. The first-order chi connectivity index (χ1) is 40.5. The lowest BCUT2D eigenvalue weighted by Crippen LogP contribution is -2.30. The number of rotatable bonds is 62. The Morgan fingerprint density at radius 3 is 0.780 bits per heavy atom. The predicted octanol–water partition coefficient (Wildman–Crippen LogP) is 23.9. The highest BCUT2D eigenvalue weighted by molar-refractivity contribution is 5.71. The van der Waals surface area contributed by atoms with Gasteiger partial charge in [0.25, 0.3) is 0 Å². The van der Waals surface area contributed by atoms with Gasteiger partial charge < -0.3 is 14.2 Å². The van der Waals surface area contributed by atoms with Crippen LogP contribution in [0.2, 0.25) is 0 Å². The zero-order chi connectivity index (χ0) is 59.2. The van der Waals surface area contributed by atoms with Gasteiger partial charge in [-0.2, -0.15) is 0 Å². The Kier molecular flexibility index (Phi) is 65.8. The Bertz CT molecular complexity index is 1690. The monoisotopic (exact) mass is 1140 g/mol. The quantitative estimate of drug-likeness (QED) is 0.0261. The molecule has 0 fully saturated rings. The van der Waals surface area contributed by atoms with Crippen LogP contribution < -0.4 is 0 Å². The van der Waals surface area contributed by atoms with Crippen molar-refractivity contribution in [1.82, 2.24) is 0 Å². The van der Waals surface area contributed by atoms with Gasteiger partial charge in [0.1, 0.15) is 13.2 Å². The second-order valence-corrected chi connectivity index (χ2v) is 22.7. The van der Waals surface area contributed by atoms with E-state index in [0.29, 0.717) is 19.3 Å². The predicted molar refractivity (Wildman–Crippen MR) is 357 cm³/mol. The van der Waals surface area contributed by atoms with Crippen LogP contribution in [0.4, 0.5) is 0 Å². The van der Waals surface area contributed by atoms with Crippen LogP contribution in [-0.4, -0.2) is 37.2 Å². The number of unbranched alkanes of at least 4 members (excludes halogenated alkanes) is 31. The molecule has 1 atom stereocenters. The van der Waals surface area contributed by atoms with Gasteiger partial charge in [-0.25, -0.2) is 0 Å². The van der Waals surface area contributed by atoms with Gasteiger partial charge in [-0.3, -0.25) is 14.4 Å². The van der Waals surface area contributed by atoms with E-state index in [2.05, 4.69) is 142 Å². The van der Waals surface area contributed by atoms with E-state index in [4.69, 9.17) is 14.2 Å². The minimum absolute atomic E-state index is 0.0951.